The maximum atomic E-state index is 12.4. The summed E-state index contributed by atoms with van der Waals surface area (Å²) in [6, 6.07) is 12.7. The first kappa shape index (κ1) is 18.1. The van der Waals surface area contributed by atoms with Crippen LogP contribution < -0.4 is 16.0 Å². The minimum Gasteiger partial charge on any atom is -0.324 e. The van der Waals surface area contributed by atoms with Crippen molar-refractivity contribution in [3.05, 3.63) is 86.5 Å². The van der Waals surface area contributed by atoms with Gasteiger partial charge in [0.05, 0.1) is 17.4 Å². The van der Waals surface area contributed by atoms with Crippen LogP contribution in [0.5, 0.6) is 0 Å². The van der Waals surface area contributed by atoms with Crippen molar-refractivity contribution in [2.45, 2.75) is 26.9 Å². The smallest absolute Gasteiger partial charge is 0.258 e. The monoisotopic (exact) mass is 376 g/mol. The number of aromatic amines is 1. The van der Waals surface area contributed by atoms with Crippen LogP contribution in [-0.4, -0.2) is 25.9 Å². The standard InChI is InChI=1S/C21H21N5O2/c1-3-25(13-18-23-17-7-5-4-6-16(17)21(28)24-18)12-15-10-20(27)26-11-14(2)8-9-19(26)22-15/h4-11H,3,12-13H2,1-2H3,(H,23,24,28)/p+1. The Morgan fingerprint density at radius 2 is 1.89 bits per heavy atom. The highest BCUT2D eigenvalue weighted by Crippen LogP contribution is 2.05. The van der Waals surface area contributed by atoms with Crippen LogP contribution in [0, 0.1) is 6.92 Å². The van der Waals surface area contributed by atoms with Crippen LogP contribution >= 0.6 is 0 Å². The Labute approximate surface area is 161 Å². The first-order chi connectivity index (χ1) is 13.5. The summed E-state index contributed by atoms with van der Waals surface area (Å²) in [5.41, 5.74) is 2.85. The lowest BCUT2D eigenvalue weighted by Gasteiger charge is -2.17. The maximum Gasteiger partial charge on any atom is 0.258 e. The maximum absolute atomic E-state index is 12.4. The summed E-state index contributed by atoms with van der Waals surface area (Å²) in [6.07, 6.45) is 1.79. The molecule has 1 aromatic carbocycles. The molecule has 7 nitrogen and oxygen atoms in total. The number of rotatable bonds is 5. The highest BCUT2D eigenvalue weighted by molar-refractivity contribution is 5.77. The molecular weight excluding hydrogens is 354 g/mol. The number of H-pyrrole nitrogens is 1. The average molecular weight is 376 g/mol. The predicted octanol–water partition coefficient (Wildman–Crippen LogP) is 0.844. The summed E-state index contributed by atoms with van der Waals surface area (Å²) in [5.74, 6) is 0.633. The van der Waals surface area contributed by atoms with Gasteiger partial charge in [-0.3, -0.25) is 14.0 Å². The Hall–Kier alpha value is -3.32. The number of quaternary nitrogens is 1. The van der Waals surface area contributed by atoms with Crippen LogP contribution in [0.25, 0.3) is 16.6 Å². The van der Waals surface area contributed by atoms with E-state index < -0.39 is 0 Å². The molecule has 0 aliphatic heterocycles. The number of fused-ring (bicyclic) bond motifs is 2. The highest BCUT2D eigenvalue weighted by atomic mass is 16.1. The minimum atomic E-state index is -0.131. The average Bonchev–Trinajstić information content (AvgIpc) is 2.68. The molecule has 3 heterocycles. The van der Waals surface area contributed by atoms with Gasteiger partial charge in [-0.25, -0.2) is 9.97 Å². The van der Waals surface area contributed by atoms with Crippen LogP contribution in [0.15, 0.2) is 58.3 Å². The lowest BCUT2D eigenvalue weighted by molar-refractivity contribution is -0.926. The molecule has 0 amide bonds. The Balaban J connectivity index is 1.62. The van der Waals surface area contributed by atoms with Gasteiger partial charge in [0.15, 0.2) is 5.82 Å². The third kappa shape index (κ3) is 3.57. The van der Waals surface area contributed by atoms with E-state index in [1.165, 1.54) is 0 Å². The van der Waals surface area contributed by atoms with Crippen molar-refractivity contribution in [3.63, 3.8) is 0 Å². The third-order valence-corrected chi connectivity index (χ3v) is 4.87. The molecule has 0 saturated heterocycles. The molecule has 1 atom stereocenters. The van der Waals surface area contributed by atoms with Gasteiger partial charge in [0, 0.05) is 12.3 Å². The lowest BCUT2D eigenvalue weighted by Crippen LogP contribution is -3.09. The zero-order valence-corrected chi connectivity index (χ0v) is 15.9. The largest absolute Gasteiger partial charge is 0.324 e. The summed E-state index contributed by atoms with van der Waals surface area (Å²) in [7, 11) is 0. The molecule has 3 aromatic heterocycles. The zero-order valence-electron chi connectivity index (χ0n) is 15.9. The van der Waals surface area contributed by atoms with Crippen LogP contribution in [-0.2, 0) is 13.1 Å². The van der Waals surface area contributed by atoms with Crippen molar-refractivity contribution in [2.24, 2.45) is 0 Å². The molecule has 7 heteroatoms. The van der Waals surface area contributed by atoms with E-state index in [-0.39, 0.29) is 11.1 Å². The van der Waals surface area contributed by atoms with Gasteiger partial charge in [-0.05, 0) is 37.6 Å². The quantitative estimate of drug-likeness (QED) is 0.541. The minimum absolute atomic E-state index is 0.0867. The summed E-state index contributed by atoms with van der Waals surface area (Å²) < 4.78 is 1.56. The number of nitrogens with zero attached hydrogens (tertiary/aromatic N) is 3. The topological polar surface area (TPSA) is 84.6 Å². The normalized spacial score (nSPS) is 12.5. The second-order valence-electron chi connectivity index (χ2n) is 7.01. The van der Waals surface area contributed by atoms with E-state index in [1.54, 1.807) is 22.7 Å². The Morgan fingerprint density at radius 1 is 1.07 bits per heavy atom. The fourth-order valence-corrected chi connectivity index (χ4v) is 3.37. The summed E-state index contributed by atoms with van der Waals surface area (Å²) in [5, 5.41) is 0.587. The SMILES string of the molecule is CC[NH+](Cc1cc(=O)n2cc(C)ccc2n1)Cc1nc2ccccc2c(=O)[nH]1. The molecule has 0 spiro atoms. The molecule has 2 N–H and O–H groups in total. The Morgan fingerprint density at radius 3 is 2.71 bits per heavy atom. The third-order valence-electron chi connectivity index (χ3n) is 4.87. The van der Waals surface area contributed by atoms with E-state index in [9.17, 15) is 9.59 Å². The molecule has 0 aliphatic rings. The van der Waals surface area contributed by atoms with Crippen LogP contribution in [0.4, 0.5) is 0 Å². The molecule has 1 unspecified atom stereocenters. The number of hydrogen-bond donors (Lipinski definition) is 2. The number of benzene rings is 1. The second-order valence-corrected chi connectivity index (χ2v) is 7.01. The van der Waals surface area contributed by atoms with Gasteiger partial charge >= 0.3 is 0 Å². The van der Waals surface area contributed by atoms with Crippen molar-refractivity contribution in [1.82, 2.24) is 19.4 Å². The van der Waals surface area contributed by atoms with E-state index in [1.807, 2.05) is 37.3 Å². The van der Waals surface area contributed by atoms with Gasteiger partial charge in [0.25, 0.3) is 11.1 Å². The van der Waals surface area contributed by atoms with E-state index in [0.717, 1.165) is 22.7 Å². The van der Waals surface area contributed by atoms with E-state index >= 15 is 0 Å². The fourth-order valence-electron chi connectivity index (χ4n) is 3.37. The summed E-state index contributed by atoms with van der Waals surface area (Å²) in [4.78, 5) is 37.9. The van der Waals surface area contributed by atoms with Crippen LogP contribution in [0.3, 0.4) is 0 Å². The molecular formula is C21H22N5O2+. The number of nitrogens with one attached hydrogen (secondary N) is 2. The predicted molar refractivity (Wildman–Crippen MR) is 107 cm³/mol. The van der Waals surface area contributed by atoms with Crippen molar-refractivity contribution < 1.29 is 4.90 Å². The first-order valence-corrected chi connectivity index (χ1v) is 9.34. The van der Waals surface area contributed by atoms with Crippen LogP contribution in [0.1, 0.15) is 24.0 Å². The molecule has 4 rings (SSSR count). The Kier molecular flexibility index (Phi) is 4.75. The zero-order chi connectivity index (χ0) is 19.7. The van der Waals surface area contributed by atoms with E-state index in [4.69, 9.17) is 0 Å². The number of aromatic nitrogens is 4. The van der Waals surface area contributed by atoms with Gasteiger partial charge in [0.1, 0.15) is 24.4 Å². The number of para-hydroxylation sites is 1. The summed E-state index contributed by atoms with van der Waals surface area (Å²) >= 11 is 0. The van der Waals surface area contributed by atoms with E-state index in [0.29, 0.717) is 35.5 Å². The van der Waals surface area contributed by atoms with Gasteiger partial charge in [0.2, 0.25) is 0 Å². The van der Waals surface area contributed by atoms with Gasteiger partial charge in [-0.1, -0.05) is 18.2 Å². The molecule has 4 aromatic rings. The summed E-state index contributed by atoms with van der Waals surface area (Å²) in [6.45, 7) is 5.94. The molecule has 0 fully saturated rings. The fraction of sp³-hybridized carbons (Fsp3) is 0.238. The van der Waals surface area contributed by atoms with Crippen molar-refractivity contribution >= 4 is 16.6 Å². The van der Waals surface area contributed by atoms with E-state index in [2.05, 4.69) is 21.9 Å². The number of pyridine rings is 1. The second kappa shape index (κ2) is 7.36. The highest BCUT2D eigenvalue weighted by Gasteiger charge is 2.14. The van der Waals surface area contributed by atoms with Crippen molar-refractivity contribution in [2.75, 3.05) is 6.54 Å². The molecule has 0 saturated carbocycles. The van der Waals surface area contributed by atoms with Crippen molar-refractivity contribution in [1.29, 1.82) is 0 Å². The van der Waals surface area contributed by atoms with Gasteiger partial charge in [-0.15, -0.1) is 0 Å². The Bertz CT molecular complexity index is 1280. The first-order valence-electron chi connectivity index (χ1n) is 9.34. The number of aryl methyl sites for hydroxylation is 1. The molecule has 0 bridgehead atoms. The molecule has 0 aliphatic carbocycles. The van der Waals surface area contributed by atoms with Crippen molar-refractivity contribution in [3.8, 4) is 0 Å². The van der Waals surface area contributed by atoms with Gasteiger partial charge < -0.3 is 9.88 Å². The molecule has 0 radical (unpaired) electrons. The molecule has 28 heavy (non-hydrogen) atoms. The lowest BCUT2D eigenvalue weighted by atomic mass is 10.2. The van der Waals surface area contributed by atoms with Crippen LogP contribution in [0.2, 0.25) is 0 Å². The van der Waals surface area contributed by atoms with Gasteiger partial charge in [-0.2, -0.15) is 0 Å². The number of hydrogen-bond acceptors (Lipinski definition) is 4. The molecule has 142 valence electrons.